The second-order valence-corrected chi connectivity index (χ2v) is 22.5. The number of primary amides is 1. The van der Waals surface area contributed by atoms with Gasteiger partial charge in [-0.05, 0) is 60.2 Å². The molecule has 0 spiro atoms. The molecule has 0 aromatic heterocycles. The number of alkyl carbamates (subject to hydrolysis) is 1. The summed E-state index contributed by atoms with van der Waals surface area (Å²) in [6, 6.07) is 22.4. The van der Waals surface area contributed by atoms with Gasteiger partial charge in [0.05, 0.1) is 33.2 Å². The summed E-state index contributed by atoms with van der Waals surface area (Å²) in [5.41, 5.74) is 5.97. The van der Waals surface area contributed by atoms with Gasteiger partial charge < -0.3 is 98.4 Å². The van der Waals surface area contributed by atoms with Crippen LogP contribution in [-0.2, 0) is 115 Å². The number of unbranched alkanes of at least 4 members (excludes halogenated alkanes) is 1. The maximum atomic E-state index is 14.0. The summed E-state index contributed by atoms with van der Waals surface area (Å²) in [6.45, 7) is 2.67. The van der Waals surface area contributed by atoms with E-state index >= 15 is 0 Å². The minimum atomic E-state index is -1.68. The van der Waals surface area contributed by atoms with E-state index in [9.17, 15) is 62.6 Å². The molecule has 33 nitrogen and oxygen atoms in total. The molecule has 2 fully saturated rings. The molecule has 3 aromatic carbocycles. The monoisotopic (exact) mass is 1390 g/mol. The van der Waals surface area contributed by atoms with Crippen molar-refractivity contribution in [3.8, 4) is 11.5 Å². The molecule has 7 N–H and O–H groups in total. The number of ether oxygens (including phenoxy) is 14. The number of methoxy groups -OCH3 is 2. The quantitative estimate of drug-likeness (QED) is 0.0154. The number of nitrogens with one attached hydrogen (secondary N) is 4. The summed E-state index contributed by atoms with van der Waals surface area (Å²) >= 11 is 0. The summed E-state index contributed by atoms with van der Waals surface area (Å²) in [5, 5.41) is 21.6. The molecule has 7 unspecified atom stereocenters. The van der Waals surface area contributed by atoms with Crippen molar-refractivity contribution in [1.82, 2.24) is 21.3 Å². The van der Waals surface area contributed by atoms with Crippen LogP contribution in [0.4, 0.5) is 4.79 Å². The van der Waals surface area contributed by atoms with Crippen molar-refractivity contribution in [1.29, 1.82) is 0 Å². The lowest BCUT2D eigenvalue weighted by molar-refractivity contribution is -0.277. The largest absolute Gasteiger partial charge is 0.497 e. The molecule has 0 radical (unpaired) electrons. The second-order valence-electron chi connectivity index (χ2n) is 22.5. The van der Waals surface area contributed by atoms with E-state index in [0.717, 1.165) is 53.3 Å². The fraction of sp³-hybridized carbons (Fsp3) is 0.530. The van der Waals surface area contributed by atoms with E-state index in [1.165, 1.54) is 0 Å². The number of carbonyl (C=O) groups is 12. The molecule has 2 saturated heterocycles. The first-order chi connectivity index (χ1) is 47.2. The summed E-state index contributed by atoms with van der Waals surface area (Å²) in [6.07, 6.45) is -12.9. The van der Waals surface area contributed by atoms with Crippen molar-refractivity contribution in [3.63, 3.8) is 0 Å². The number of aliphatic hydroxyl groups excluding tert-OH is 1. The molecular formula is C66H86N6O27. The minimum absolute atomic E-state index is 0.00651. The zero-order valence-electron chi connectivity index (χ0n) is 56.1. The van der Waals surface area contributed by atoms with Crippen LogP contribution in [0.25, 0.3) is 0 Å². The third kappa shape index (κ3) is 26.9. The Bertz CT molecular complexity index is 3180. The molecular weight excluding hydrogens is 1310 g/mol. The molecule has 0 saturated carbocycles. The lowest BCUT2D eigenvalue weighted by Crippen LogP contribution is -2.60. The molecule has 2 aliphatic rings. The highest BCUT2D eigenvalue weighted by molar-refractivity contribution is 5.88. The number of aliphatic imine (C=N–C) groups is 1. The van der Waals surface area contributed by atoms with E-state index < -0.39 is 184 Å². The van der Waals surface area contributed by atoms with Crippen LogP contribution in [0.15, 0.2) is 83.9 Å². The Morgan fingerprint density at radius 1 is 0.606 bits per heavy atom. The zero-order valence-corrected chi connectivity index (χ0v) is 56.1. The van der Waals surface area contributed by atoms with Crippen LogP contribution in [0.1, 0.15) is 96.8 Å². The topological polar surface area (TPSA) is 441 Å². The van der Waals surface area contributed by atoms with Gasteiger partial charge >= 0.3 is 41.9 Å². The highest BCUT2D eigenvalue weighted by Gasteiger charge is 2.51. The highest BCUT2D eigenvalue weighted by Crippen LogP contribution is 2.42. The van der Waals surface area contributed by atoms with Crippen molar-refractivity contribution in [3.05, 3.63) is 95.6 Å². The van der Waals surface area contributed by atoms with Gasteiger partial charge in [0.1, 0.15) is 80.6 Å². The zero-order chi connectivity index (χ0) is 72.6. The minimum Gasteiger partial charge on any atom is -0.497 e. The van der Waals surface area contributed by atoms with E-state index in [-0.39, 0.29) is 58.3 Å². The van der Waals surface area contributed by atoms with E-state index in [4.69, 9.17) is 72.0 Å². The summed E-state index contributed by atoms with van der Waals surface area (Å²) in [7, 11) is 3.09. The number of nitrogens with two attached hydrogens (primary N) is 1. The predicted molar refractivity (Wildman–Crippen MR) is 340 cm³/mol. The van der Waals surface area contributed by atoms with Crippen LogP contribution in [0.2, 0.25) is 0 Å². The van der Waals surface area contributed by atoms with E-state index in [2.05, 4.69) is 26.3 Å². The number of amides is 6. The van der Waals surface area contributed by atoms with Crippen LogP contribution in [0.3, 0.4) is 0 Å². The number of aliphatic hydroxyl groups is 1. The highest BCUT2D eigenvalue weighted by atomic mass is 16.7. The number of rotatable bonds is 38. The maximum Gasteiger partial charge on any atom is 0.407 e. The molecule has 3 aromatic rings. The average Bonchev–Trinajstić information content (AvgIpc) is 0.762. The summed E-state index contributed by atoms with van der Waals surface area (Å²) in [4.78, 5) is 154. The number of benzene rings is 3. The van der Waals surface area contributed by atoms with E-state index in [1.807, 2.05) is 54.6 Å². The molecule has 5 rings (SSSR count). The molecule has 6 amide bonds. The maximum absolute atomic E-state index is 14.0. The molecule has 99 heavy (non-hydrogen) atoms. The van der Waals surface area contributed by atoms with Crippen molar-refractivity contribution >= 4 is 77.7 Å². The Kier molecular flexibility index (Phi) is 33.1. The molecule has 2 aliphatic heterocycles. The van der Waals surface area contributed by atoms with Gasteiger partial charge in [0.25, 0.3) is 0 Å². The standard InChI is InChI=1S/C66H86N6O27/c1-38(73)71-31-50-60(95-41(4)76)62(97-43(6)78)54(35-89-58(83)26-25-55(67)80)99-64(50)91-37-57(82)72-51(16-12-13-27-68-56(81)36-90-59-30-52(94-40(3)75)61(96-42(5)77)53(98-59)34-88-39(2)74)63(84)69-28-29-70-65(85)92-32-47(79)33-93-66(44-14-10-9-11-15-44,45-17-21-48(86-7)22-18-45)46-19-23-49(87-8)24-20-46/h9-11,14-15,17-24,31,47,50-54,59-62,64,79H,12-13,16,25-30,32-37H2,1-8H3,(H2,67,80)(H,68,81)(H,69,84)(H,70,85)(H,72,82)/t47?,50?,51?,52?,53-,54-,59-,60?,61?,62+,64?/m1/s1. The number of esters is 6. The van der Waals surface area contributed by atoms with Gasteiger partial charge in [0.2, 0.25) is 29.5 Å². The van der Waals surface area contributed by atoms with Crippen molar-refractivity contribution in [2.75, 3.05) is 73.5 Å². The molecule has 542 valence electrons. The van der Waals surface area contributed by atoms with Crippen LogP contribution >= 0.6 is 0 Å². The summed E-state index contributed by atoms with van der Waals surface area (Å²) < 4.78 is 78.5. The first kappa shape index (κ1) is 80.0. The molecule has 2 heterocycles. The molecule has 0 aliphatic carbocycles. The van der Waals surface area contributed by atoms with Gasteiger partial charge in [-0.1, -0.05) is 54.6 Å². The Labute approximate surface area is 570 Å². The third-order valence-electron chi connectivity index (χ3n) is 14.7. The normalized spacial score (nSPS) is 20.2. The van der Waals surface area contributed by atoms with Gasteiger partial charge in [-0.25, -0.2) is 9.79 Å². The fourth-order valence-electron chi connectivity index (χ4n) is 10.3. The van der Waals surface area contributed by atoms with Gasteiger partial charge in [0, 0.05) is 80.2 Å². The number of carbonyl (C=O) groups excluding carboxylic acids is 12. The lowest BCUT2D eigenvalue weighted by atomic mass is 9.80. The number of nitrogens with zero attached hydrogens (tertiary/aromatic N) is 1. The SMILES string of the molecule is COc1ccc(C(OCC(O)COC(=O)NCCNC(=O)C(CCCCNC(=O)CO[C@H]2CC(OC(C)=O)C(OC(C)=O)[C@@H](COC(C)=O)O2)NC(=O)COC2O[C@H](COC(=O)CCC(N)=O)[C@H](OC(C)=O)C(OC(C)=O)C2C=NC(C)=O)(c2ccccc2)c2ccc(OC)cc2)cc1. The van der Waals surface area contributed by atoms with Crippen molar-refractivity contribution in [2.24, 2.45) is 16.6 Å². The van der Waals surface area contributed by atoms with Crippen LogP contribution < -0.4 is 36.5 Å². The predicted octanol–water partition coefficient (Wildman–Crippen LogP) is 1.19. The Morgan fingerprint density at radius 3 is 1.76 bits per heavy atom. The fourth-order valence-corrected chi connectivity index (χ4v) is 10.3. The summed E-state index contributed by atoms with van der Waals surface area (Å²) in [5.74, 6) is -8.93. The first-order valence-electron chi connectivity index (χ1n) is 31.5. The van der Waals surface area contributed by atoms with Crippen molar-refractivity contribution in [2.45, 2.75) is 147 Å². The number of hydrogen-bond donors (Lipinski definition) is 6. The van der Waals surface area contributed by atoms with Gasteiger partial charge in [-0.3, -0.25) is 52.7 Å². The Hall–Kier alpha value is -9.67. The lowest BCUT2D eigenvalue weighted by Gasteiger charge is -2.43. The third-order valence-corrected chi connectivity index (χ3v) is 14.7. The second kappa shape index (κ2) is 40.9. The molecule has 33 heteroatoms. The van der Waals surface area contributed by atoms with Crippen LogP contribution in [0.5, 0.6) is 11.5 Å². The van der Waals surface area contributed by atoms with Crippen molar-refractivity contribution < 1.29 is 129 Å². The van der Waals surface area contributed by atoms with E-state index in [0.29, 0.717) is 22.6 Å². The van der Waals surface area contributed by atoms with Crippen LogP contribution in [-0.4, -0.2) is 218 Å². The number of hydrogen-bond acceptors (Lipinski definition) is 27. The van der Waals surface area contributed by atoms with Gasteiger partial charge in [-0.2, -0.15) is 0 Å². The molecule has 0 bridgehead atoms. The van der Waals surface area contributed by atoms with Crippen LogP contribution in [0, 0.1) is 5.92 Å². The average molecular weight is 1400 g/mol. The van der Waals surface area contributed by atoms with Gasteiger partial charge in [-0.15, -0.1) is 0 Å². The Balaban J connectivity index is 1.26. The molecule has 11 atom stereocenters. The first-order valence-corrected chi connectivity index (χ1v) is 31.5. The Morgan fingerprint density at radius 2 is 1.17 bits per heavy atom. The van der Waals surface area contributed by atoms with E-state index in [1.54, 1.807) is 38.5 Å². The smallest absolute Gasteiger partial charge is 0.407 e. The van der Waals surface area contributed by atoms with Gasteiger partial charge in [0.15, 0.2) is 30.9 Å².